The van der Waals surface area contributed by atoms with E-state index < -0.39 is 0 Å². The van der Waals surface area contributed by atoms with Crippen LogP contribution in [0.2, 0.25) is 0 Å². The molecule has 4 nitrogen and oxygen atoms in total. The normalized spacial score (nSPS) is 16.2. The maximum atomic E-state index is 9.24. The number of pyridine rings is 1. The van der Waals surface area contributed by atoms with Crippen molar-refractivity contribution in [2.45, 2.75) is 26.6 Å². The lowest BCUT2D eigenvalue weighted by molar-refractivity contribution is -0.0820. The fraction of sp³-hybridized carbons (Fsp3) is 0.545. The summed E-state index contributed by atoms with van der Waals surface area (Å²) in [5, 5.41) is 9.24. The smallest absolute Gasteiger partial charge is 0.219 e. The Bertz CT molecular complexity index is 361. The van der Waals surface area contributed by atoms with Crippen LogP contribution in [0.1, 0.15) is 16.8 Å². The molecule has 0 aliphatic carbocycles. The van der Waals surface area contributed by atoms with Crippen molar-refractivity contribution in [3.8, 4) is 5.88 Å². The minimum atomic E-state index is -0.0397. The maximum Gasteiger partial charge on any atom is 0.219 e. The molecule has 82 valence electrons. The minimum Gasteiger partial charge on any atom is -0.469 e. The Labute approximate surface area is 88.9 Å². The van der Waals surface area contributed by atoms with Gasteiger partial charge in [-0.05, 0) is 25.5 Å². The quantitative estimate of drug-likeness (QED) is 0.805. The van der Waals surface area contributed by atoms with E-state index in [0.717, 1.165) is 16.8 Å². The van der Waals surface area contributed by atoms with Crippen molar-refractivity contribution in [3.63, 3.8) is 0 Å². The van der Waals surface area contributed by atoms with Gasteiger partial charge < -0.3 is 14.6 Å². The maximum absolute atomic E-state index is 9.24. The third-order valence-electron chi connectivity index (χ3n) is 2.48. The highest BCUT2D eigenvalue weighted by atomic mass is 16.6. The van der Waals surface area contributed by atoms with Gasteiger partial charge in [-0.15, -0.1) is 0 Å². The highest BCUT2D eigenvalue weighted by Crippen LogP contribution is 2.23. The molecule has 0 aromatic carbocycles. The molecule has 0 saturated carbocycles. The Morgan fingerprint density at radius 1 is 1.53 bits per heavy atom. The van der Waals surface area contributed by atoms with Crippen LogP contribution in [0, 0.1) is 13.8 Å². The predicted octanol–water partition coefficient (Wildman–Crippen LogP) is 0.968. The van der Waals surface area contributed by atoms with E-state index in [0.29, 0.717) is 19.1 Å². The van der Waals surface area contributed by atoms with Gasteiger partial charge in [0.25, 0.3) is 0 Å². The summed E-state index contributed by atoms with van der Waals surface area (Å²) >= 11 is 0. The van der Waals surface area contributed by atoms with Crippen molar-refractivity contribution >= 4 is 0 Å². The zero-order valence-corrected chi connectivity index (χ0v) is 8.99. The van der Waals surface area contributed by atoms with Crippen molar-refractivity contribution in [3.05, 3.63) is 22.9 Å². The molecule has 0 atom stereocenters. The first-order valence-corrected chi connectivity index (χ1v) is 5.03. The van der Waals surface area contributed by atoms with Crippen LogP contribution in [0.5, 0.6) is 5.88 Å². The van der Waals surface area contributed by atoms with Crippen LogP contribution in [0.15, 0.2) is 6.07 Å². The number of aromatic nitrogens is 1. The molecule has 0 unspecified atom stereocenters. The Morgan fingerprint density at radius 3 is 2.80 bits per heavy atom. The Hall–Kier alpha value is -1.13. The van der Waals surface area contributed by atoms with Crippen LogP contribution < -0.4 is 4.74 Å². The number of aliphatic hydroxyl groups excluding tert-OH is 1. The van der Waals surface area contributed by atoms with Crippen LogP contribution in [-0.4, -0.2) is 29.4 Å². The molecule has 0 bridgehead atoms. The van der Waals surface area contributed by atoms with E-state index in [1.54, 1.807) is 0 Å². The van der Waals surface area contributed by atoms with Gasteiger partial charge in [-0.3, -0.25) is 0 Å². The summed E-state index contributed by atoms with van der Waals surface area (Å²) < 4.78 is 10.7. The third-order valence-corrected chi connectivity index (χ3v) is 2.48. The van der Waals surface area contributed by atoms with Gasteiger partial charge in [0, 0.05) is 11.3 Å². The molecule has 1 aromatic heterocycles. The first kappa shape index (κ1) is 10.4. The highest BCUT2D eigenvalue weighted by molar-refractivity contribution is 5.35. The van der Waals surface area contributed by atoms with Crippen molar-refractivity contribution in [2.75, 3.05) is 13.2 Å². The molecule has 2 rings (SSSR count). The van der Waals surface area contributed by atoms with Gasteiger partial charge in [0.15, 0.2) is 0 Å². The summed E-state index contributed by atoms with van der Waals surface area (Å²) in [6.07, 6.45) is 0.0870. The number of nitrogens with zero attached hydrogens (tertiary/aromatic N) is 1. The number of ether oxygens (including phenoxy) is 2. The Morgan fingerprint density at radius 2 is 2.27 bits per heavy atom. The molecule has 1 aliphatic rings. The second-order valence-corrected chi connectivity index (χ2v) is 3.80. The number of hydrogen-bond donors (Lipinski definition) is 1. The average molecular weight is 209 g/mol. The third kappa shape index (κ3) is 2.11. The average Bonchev–Trinajstić information content (AvgIpc) is 2.10. The van der Waals surface area contributed by atoms with E-state index in [1.807, 2.05) is 19.9 Å². The van der Waals surface area contributed by atoms with E-state index >= 15 is 0 Å². The van der Waals surface area contributed by atoms with Crippen molar-refractivity contribution < 1.29 is 14.6 Å². The summed E-state index contributed by atoms with van der Waals surface area (Å²) in [4.78, 5) is 4.29. The van der Waals surface area contributed by atoms with Gasteiger partial charge in [0.2, 0.25) is 5.88 Å². The lowest BCUT2D eigenvalue weighted by Crippen LogP contribution is -2.39. The largest absolute Gasteiger partial charge is 0.469 e. The van der Waals surface area contributed by atoms with Gasteiger partial charge >= 0.3 is 0 Å². The summed E-state index contributed by atoms with van der Waals surface area (Å²) in [6.45, 7) is 5.05. The van der Waals surface area contributed by atoms with Crippen molar-refractivity contribution in [1.82, 2.24) is 4.98 Å². The van der Waals surface area contributed by atoms with E-state index in [2.05, 4.69) is 4.98 Å². The molecular formula is C11H15NO3. The fourth-order valence-corrected chi connectivity index (χ4v) is 1.56. The number of aryl methyl sites for hydroxylation is 2. The van der Waals surface area contributed by atoms with Crippen LogP contribution in [0.25, 0.3) is 0 Å². The molecule has 1 fully saturated rings. The first-order chi connectivity index (χ1) is 7.20. The topological polar surface area (TPSA) is 51.6 Å². The zero-order valence-electron chi connectivity index (χ0n) is 8.99. The van der Waals surface area contributed by atoms with Crippen LogP contribution in [0.4, 0.5) is 0 Å². The summed E-state index contributed by atoms with van der Waals surface area (Å²) in [5.41, 5.74) is 2.69. The second kappa shape index (κ2) is 4.16. The summed E-state index contributed by atoms with van der Waals surface area (Å²) in [5.74, 6) is 0.545. The van der Waals surface area contributed by atoms with E-state index in [9.17, 15) is 5.11 Å². The SMILES string of the molecule is Cc1cc(C)c(CO)c(OC2COC2)n1. The lowest BCUT2D eigenvalue weighted by Gasteiger charge is -2.27. The monoisotopic (exact) mass is 209 g/mol. The summed E-state index contributed by atoms with van der Waals surface area (Å²) in [7, 11) is 0. The lowest BCUT2D eigenvalue weighted by atomic mass is 10.1. The molecule has 4 heteroatoms. The van der Waals surface area contributed by atoms with Gasteiger partial charge in [-0.25, -0.2) is 4.98 Å². The standard InChI is InChI=1S/C11H15NO3/c1-7-3-8(2)12-11(10(7)4-13)15-9-5-14-6-9/h3,9,13H,4-6H2,1-2H3. The number of aliphatic hydroxyl groups is 1. The second-order valence-electron chi connectivity index (χ2n) is 3.80. The molecule has 1 N–H and O–H groups in total. The molecule has 1 saturated heterocycles. The zero-order chi connectivity index (χ0) is 10.8. The van der Waals surface area contributed by atoms with E-state index in [-0.39, 0.29) is 12.7 Å². The molecule has 0 spiro atoms. The van der Waals surface area contributed by atoms with Crippen LogP contribution in [0.3, 0.4) is 0 Å². The molecule has 1 aromatic rings. The van der Waals surface area contributed by atoms with Crippen molar-refractivity contribution in [1.29, 1.82) is 0 Å². The Kier molecular flexibility index (Phi) is 2.88. The van der Waals surface area contributed by atoms with Gasteiger partial charge in [0.1, 0.15) is 6.10 Å². The van der Waals surface area contributed by atoms with Crippen molar-refractivity contribution in [2.24, 2.45) is 0 Å². The minimum absolute atomic E-state index is 0.0397. The number of rotatable bonds is 3. The van der Waals surface area contributed by atoms with E-state index in [1.165, 1.54) is 0 Å². The fourth-order valence-electron chi connectivity index (χ4n) is 1.56. The highest BCUT2D eigenvalue weighted by Gasteiger charge is 2.22. The molecular weight excluding hydrogens is 194 g/mol. The van der Waals surface area contributed by atoms with Crippen LogP contribution in [-0.2, 0) is 11.3 Å². The molecule has 15 heavy (non-hydrogen) atoms. The summed E-state index contributed by atoms with van der Waals surface area (Å²) in [6, 6.07) is 1.94. The predicted molar refractivity (Wildman–Crippen MR) is 54.9 cm³/mol. The molecule has 1 aliphatic heterocycles. The van der Waals surface area contributed by atoms with E-state index in [4.69, 9.17) is 9.47 Å². The Balaban J connectivity index is 2.25. The molecule has 0 amide bonds. The van der Waals surface area contributed by atoms with Crippen LogP contribution >= 0.6 is 0 Å². The molecule has 0 radical (unpaired) electrons. The van der Waals surface area contributed by atoms with Gasteiger partial charge in [-0.1, -0.05) is 0 Å². The number of hydrogen-bond acceptors (Lipinski definition) is 4. The molecule has 2 heterocycles. The first-order valence-electron chi connectivity index (χ1n) is 5.03. The van der Waals surface area contributed by atoms with Gasteiger partial charge in [0.05, 0.1) is 19.8 Å². The van der Waals surface area contributed by atoms with Gasteiger partial charge in [-0.2, -0.15) is 0 Å².